The molecule has 0 atom stereocenters. The third-order valence-electron chi connectivity index (χ3n) is 3.33. The number of phenols is 1. The van der Waals surface area contributed by atoms with Crippen LogP contribution in [0.2, 0.25) is 0 Å². The highest BCUT2D eigenvalue weighted by Gasteiger charge is 2.17. The standard InChI is InChI=1S/C13H16N4O2/c14-10-5-4-9(8-11(10)18)12-15-13(16-19-12)17-6-2-1-3-7-17/h4-5,8,18H,1-3,6-7,14H2. The number of nitrogens with two attached hydrogens (primary N) is 1. The maximum absolute atomic E-state index is 9.59. The number of benzene rings is 1. The summed E-state index contributed by atoms with van der Waals surface area (Å²) < 4.78 is 5.24. The largest absolute Gasteiger partial charge is 0.506 e. The first-order chi connectivity index (χ1) is 9.24. The van der Waals surface area contributed by atoms with Crippen molar-refractivity contribution in [2.24, 2.45) is 0 Å². The molecule has 100 valence electrons. The Balaban J connectivity index is 1.85. The number of nitrogens with zero attached hydrogens (tertiary/aromatic N) is 3. The molecule has 0 aliphatic carbocycles. The topological polar surface area (TPSA) is 88.4 Å². The second-order valence-corrected chi connectivity index (χ2v) is 4.72. The summed E-state index contributed by atoms with van der Waals surface area (Å²) >= 11 is 0. The van der Waals surface area contributed by atoms with Crippen molar-refractivity contribution in [2.75, 3.05) is 23.7 Å². The van der Waals surface area contributed by atoms with Crippen LogP contribution in [0, 0.1) is 0 Å². The number of rotatable bonds is 2. The number of aromatic nitrogens is 2. The molecular weight excluding hydrogens is 244 g/mol. The summed E-state index contributed by atoms with van der Waals surface area (Å²) in [6, 6.07) is 4.90. The molecule has 0 unspecified atom stereocenters. The van der Waals surface area contributed by atoms with E-state index in [2.05, 4.69) is 15.0 Å². The zero-order valence-corrected chi connectivity index (χ0v) is 10.5. The van der Waals surface area contributed by atoms with E-state index in [0.717, 1.165) is 25.9 Å². The summed E-state index contributed by atoms with van der Waals surface area (Å²) in [5.74, 6) is 1.04. The van der Waals surface area contributed by atoms with Gasteiger partial charge in [0.1, 0.15) is 5.75 Å². The molecule has 19 heavy (non-hydrogen) atoms. The lowest BCUT2D eigenvalue weighted by molar-refractivity contribution is 0.425. The molecule has 1 fully saturated rings. The van der Waals surface area contributed by atoms with Crippen molar-refractivity contribution in [3.8, 4) is 17.2 Å². The molecule has 1 aromatic heterocycles. The first kappa shape index (κ1) is 11.8. The molecular formula is C13H16N4O2. The van der Waals surface area contributed by atoms with Crippen LogP contribution in [0.15, 0.2) is 22.7 Å². The third kappa shape index (κ3) is 2.33. The van der Waals surface area contributed by atoms with E-state index in [1.54, 1.807) is 12.1 Å². The van der Waals surface area contributed by atoms with Gasteiger partial charge in [0.15, 0.2) is 0 Å². The van der Waals surface area contributed by atoms with Gasteiger partial charge >= 0.3 is 0 Å². The summed E-state index contributed by atoms with van der Waals surface area (Å²) in [6.45, 7) is 1.93. The number of anilines is 2. The maximum atomic E-state index is 9.59. The average Bonchev–Trinajstić information content (AvgIpc) is 2.93. The smallest absolute Gasteiger partial charge is 0.266 e. The van der Waals surface area contributed by atoms with E-state index >= 15 is 0 Å². The first-order valence-corrected chi connectivity index (χ1v) is 6.41. The molecule has 0 bridgehead atoms. The Morgan fingerprint density at radius 2 is 2.00 bits per heavy atom. The Labute approximate surface area is 110 Å². The number of aromatic hydroxyl groups is 1. The molecule has 1 aliphatic heterocycles. The molecule has 1 aliphatic rings. The highest BCUT2D eigenvalue weighted by atomic mass is 16.5. The first-order valence-electron chi connectivity index (χ1n) is 6.41. The molecule has 0 radical (unpaired) electrons. The highest BCUT2D eigenvalue weighted by Crippen LogP contribution is 2.28. The van der Waals surface area contributed by atoms with E-state index in [1.165, 1.54) is 12.5 Å². The zero-order valence-electron chi connectivity index (χ0n) is 10.5. The molecule has 3 rings (SSSR count). The van der Waals surface area contributed by atoms with Crippen molar-refractivity contribution in [3.63, 3.8) is 0 Å². The molecule has 6 nitrogen and oxygen atoms in total. The van der Waals surface area contributed by atoms with Crippen LogP contribution < -0.4 is 10.6 Å². The van der Waals surface area contributed by atoms with Crippen LogP contribution in [-0.2, 0) is 0 Å². The molecule has 0 spiro atoms. The average molecular weight is 260 g/mol. The fourth-order valence-electron chi connectivity index (χ4n) is 2.23. The minimum atomic E-state index is 0.0234. The van der Waals surface area contributed by atoms with Crippen LogP contribution in [0.5, 0.6) is 5.75 Å². The Morgan fingerprint density at radius 3 is 2.74 bits per heavy atom. The van der Waals surface area contributed by atoms with Gasteiger partial charge in [0.05, 0.1) is 5.69 Å². The summed E-state index contributed by atoms with van der Waals surface area (Å²) in [6.07, 6.45) is 3.58. The van der Waals surface area contributed by atoms with E-state index in [9.17, 15) is 5.11 Å². The highest BCUT2D eigenvalue weighted by molar-refractivity contribution is 5.64. The van der Waals surface area contributed by atoms with Crippen molar-refractivity contribution in [3.05, 3.63) is 18.2 Å². The van der Waals surface area contributed by atoms with Crippen LogP contribution in [0.25, 0.3) is 11.5 Å². The molecule has 1 saturated heterocycles. The number of hydrogen-bond acceptors (Lipinski definition) is 6. The lowest BCUT2D eigenvalue weighted by Crippen LogP contribution is -2.30. The molecule has 2 aromatic rings. The second kappa shape index (κ2) is 4.79. The van der Waals surface area contributed by atoms with Crippen LogP contribution >= 0.6 is 0 Å². The predicted octanol–water partition coefficient (Wildman–Crippen LogP) is 2.01. The molecule has 1 aromatic carbocycles. The van der Waals surface area contributed by atoms with Gasteiger partial charge in [-0.3, -0.25) is 0 Å². The fraction of sp³-hybridized carbons (Fsp3) is 0.385. The number of piperidine rings is 1. The van der Waals surface area contributed by atoms with Gasteiger partial charge in [0, 0.05) is 18.7 Å². The van der Waals surface area contributed by atoms with Crippen LogP contribution in [-0.4, -0.2) is 28.3 Å². The molecule has 0 saturated carbocycles. The third-order valence-corrected chi connectivity index (χ3v) is 3.33. The zero-order chi connectivity index (χ0) is 13.2. The predicted molar refractivity (Wildman–Crippen MR) is 71.9 cm³/mol. The maximum Gasteiger partial charge on any atom is 0.266 e. The van der Waals surface area contributed by atoms with Crippen LogP contribution in [0.1, 0.15) is 19.3 Å². The number of phenolic OH excluding ortho intramolecular Hbond substituents is 1. The molecule has 3 N–H and O–H groups in total. The molecule has 0 amide bonds. The summed E-state index contributed by atoms with van der Waals surface area (Å²) in [7, 11) is 0. The Bertz CT molecular complexity index is 576. The lowest BCUT2D eigenvalue weighted by atomic mass is 10.1. The normalized spacial score (nSPS) is 15.7. The summed E-state index contributed by atoms with van der Waals surface area (Å²) in [4.78, 5) is 6.49. The van der Waals surface area contributed by atoms with Gasteiger partial charge in [0.2, 0.25) is 0 Å². The van der Waals surface area contributed by atoms with Crippen molar-refractivity contribution in [1.82, 2.24) is 10.1 Å². The van der Waals surface area contributed by atoms with Gasteiger partial charge in [-0.05, 0) is 42.6 Å². The minimum Gasteiger partial charge on any atom is -0.506 e. The van der Waals surface area contributed by atoms with Crippen LogP contribution in [0.4, 0.5) is 11.6 Å². The Kier molecular flexibility index (Phi) is 2.98. The van der Waals surface area contributed by atoms with E-state index < -0.39 is 0 Å². The SMILES string of the molecule is Nc1ccc(-c2nc(N3CCCCC3)no2)cc1O. The Morgan fingerprint density at radius 1 is 1.21 bits per heavy atom. The monoisotopic (exact) mass is 260 g/mol. The van der Waals surface area contributed by atoms with Gasteiger partial charge in [-0.15, -0.1) is 0 Å². The Hall–Kier alpha value is -2.24. The van der Waals surface area contributed by atoms with E-state index in [4.69, 9.17) is 10.3 Å². The van der Waals surface area contributed by atoms with Crippen LogP contribution in [0.3, 0.4) is 0 Å². The fourth-order valence-corrected chi connectivity index (χ4v) is 2.23. The molecule has 2 heterocycles. The van der Waals surface area contributed by atoms with Gasteiger partial charge in [-0.25, -0.2) is 0 Å². The number of nitrogen functional groups attached to an aromatic ring is 1. The minimum absolute atomic E-state index is 0.0234. The van der Waals surface area contributed by atoms with Gasteiger partial charge in [0.25, 0.3) is 11.8 Å². The van der Waals surface area contributed by atoms with Crippen molar-refractivity contribution >= 4 is 11.6 Å². The quantitative estimate of drug-likeness (QED) is 0.634. The lowest BCUT2D eigenvalue weighted by Gasteiger charge is -2.24. The van der Waals surface area contributed by atoms with Gasteiger partial charge in [-0.2, -0.15) is 4.98 Å². The van der Waals surface area contributed by atoms with E-state index in [0.29, 0.717) is 23.1 Å². The number of hydrogen-bond donors (Lipinski definition) is 2. The van der Waals surface area contributed by atoms with Crippen molar-refractivity contribution in [2.45, 2.75) is 19.3 Å². The molecule has 6 heteroatoms. The van der Waals surface area contributed by atoms with E-state index in [1.807, 2.05) is 0 Å². The van der Waals surface area contributed by atoms with Gasteiger partial charge in [-0.1, -0.05) is 0 Å². The van der Waals surface area contributed by atoms with Crippen molar-refractivity contribution < 1.29 is 9.63 Å². The van der Waals surface area contributed by atoms with Gasteiger partial charge < -0.3 is 20.3 Å². The van der Waals surface area contributed by atoms with E-state index in [-0.39, 0.29) is 5.75 Å². The summed E-state index contributed by atoms with van der Waals surface area (Å²) in [5.41, 5.74) is 6.57. The second-order valence-electron chi connectivity index (χ2n) is 4.72. The van der Waals surface area contributed by atoms with Crippen molar-refractivity contribution in [1.29, 1.82) is 0 Å². The summed E-state index contributed by atoms with van der Waals surface area (Å²) in [5, 5.41) is 13.6.